The summed E-state index contributed by atoms with van der Waals surface area (Å²) in [5, 5.41) is 5.06. The van der Waals surface area contributed by atoms with Crippen LogP contribution in [0, 0.1) is 5.82 Å². The van der Waals surface area contributed by atoms with Crippen molar-refractivity contribution in [2.45, 2.75) is 25.3 Å². The minimum Gasteiger partial charge on any atom is -0.353 e. The van der Waals surface area contributed by atoms with Gasteiger partial charge in [0.25, 0.3) is 5.91 Å². The monoisotopic (exact) mass is 390 g/mol. The molecule has 148 valence electrons. The maximum Gasteiger partial charge on any atom is 0.254 e. The van der Waals surface area contributed by atoms with Crippen molar-refractivity contribution in [3.05, 3.63) is 83.7 Å². The molecule has 0 atom stereocenters. The molecule has 4 rings (SSSR count). The normalized spacial score (nSPS) is 14.7. The van der Waals surface area contributed by atoms with Crippen molar-refractivity contribution in [1.82, 2.24) is 10.2 Å². The number of halogens is 1. The molecule has 0 radical (unpaired) electrons. The Morgan fingerprint density at radius 3 is 2.38 bits per heavy atom. The Hall–Kier alpha value is -3.21. The molecule has 3 aromatic rings. The van der Waals surface area contributed by atoms with Crippen LogP contribution in [-0.2, 0) is 11.2 Å². The molecule has 1 aliphatic rings. The quantitative estimate of drug-likeness (QED) is 0.734. The average Bonchev–Trinajstić information content (AvgIpc) is 2.75. The van der Waals surface area contributed by atoms with Crippen LogP contribution in [-0.4, -0.2) is 35.8 Å². The molecular weight excluding hydrogens is 367 g/mol. The average molecular weight is 390 g/mol. The van der Waals surface area contributed by atoms with Crippen molar-refractivity contribution in [3.8, 4) is 0 Å². The number of rotatable bonds is 4. The second-order valence-electron chi connectivity index (χ2n) is 7.46. The summed E-state index contributed by atoms with van der Waals surface area (Å²) >= 11 is 0. The molecule has 0 aliphatic carbocycles. The molecule has 1 fully saturated rings. The third-order valence-electron chi connectivity index (χ3n) is 5.45. The van der Waals surface area contributed by atoms with Gasteiger partial charge in [-0.15, -0.1) is 0 Å². The van der Waals surface area contributed by atoms with Crippen LogP contribution in [0.2, 0.25) is 0 Å². The first-order valence-corrected chi connectivity index (χ1v) is 9.91. The Kier molecular flexibility index (Phi) is 5.56. The number of hydrogen-bond acceptors (Lipinski definition) is 2. The summed E-state index contributed by atoms with van der Waals surface area (Å²) in [7, 11) is 0. The Balaban J connectivity index is 1.33. The molecule has 0 saturated carbocycles. The molecule has 2 amide bonds. The summed E-state index contributed by atoms with van der Waals surface area (Å²) < 4.78 is 13.0. The molecule has 1 heterocycles. The van der Waals surface area contributed by atoms with Crippen molar-refractivity contribution in [2.24, 2.45) is 0 Å². The van der Waals surface area contributed by atoms with Crippen LogP contribution in [0.1, 0.15) is 28.8 Å². The Morgan fingerprint density at radius 1 is 0.931 bits per heavy atom. The van der Waals surface area contributed by atoms with Gasteiger partial charge in [0.05, 0.1) is 6.42 Å². The van der Waals surface area contributed by atoms with Gasteiger partial charge in [-0.05, 0) is 47.4 Å². The first-order valence-electron chi connectivity index (χ1n) is 9.91. The van der Waals surface area contributed by atoms with Gasteiger partial charge in [-0.3, -0.25) is 9.59 Å². The fourth-order valence-electron chi connectivity index (χ4n) is 3.88. The number of hydrogen-bond donors (Lipinski definition) is 1. The summed E-state index contributed by atoms with van der Waals surface area (Å²) in [6.07, 6.45) is 1.69. The van der Waals surface area contributed by atoms with E-state index in [1.165, 1.54) is 12.1 Å². The minimum atomic E-state index is -0.308. The molecule has 5 heteroatoms. The highest BCUT2D eigenvalue weighted by atomic mass is 19.1. The molecule has 3 aromatic carbocycles. The predicted octanol–water partition coefficient (Wildman–Crippen LogP) is 3.94. The molecular formula is C24H23FN2O2. The predicted molar refractivity (Wildman–Crippen MR) is 111 cm³/mol. The third kappa shape index (κ3) is 4.45. The van der Waals surface area contributed by atoms with E-state index in [1.807, 2.05) is 47.4 Å². The summed E-state index contributed by atoms with van der Waals surface area (Å²) in [5.74, 6) is -0.342. The fraction of sp³-hybridized carbons (Fsp3) is 0.250. The Morgan fingerprint density at radius 2 is 1.62 bits per heavy atom. The van der Waals surface area contributed by atoms with Crippen molar-refractivity contribution < 1.29 is 14.0 Å². The van der Waals surface area contributed by atoms with Gasteiger partial charge in [-0.1, -0.05) is 48.5 Å². The zero-order chi connectivity index (χ0) is 20.2. The van der Waals surface area contributed by atoms with Gasteiger partial charge >= 0.3 is 0 Å². The second kappa shape index (κ2) is 8.43. The minimum absolute atomic E-state index is 0.0397. The van der Waals surface area contributed by atoms with Gasteiger partial charge in [0.1, 0.15) is 5.82 Å². The molecule has 4 nitrogen and oxygen atoms in total. The first-order chi connectivity index (χ1) is 14.1. The zero-order valence-corrected chi connectivity index (χ0v) is 16.1. The van der Waals surface area contributed by atoms with Gasteiger partial charge < -0.3 is 10.2 Å². The molecule has 0 unspecified atom stereocenters. The van der Waals surface area contributed by atoms with Gasteiger partial charge in [-0.25, -0.2) is 4.39 Å². The van der Waals surface area contributed by atoms with Gasteiger partial charge in [0, 0.05) is 24.7 Å². The second-order valence-corrected chi connectivity index (χ2v) is 7.46. The van der Waals surface area contributed by atoms with Crippen molar-refractivity contribution in [2.75, 3.05) is 13.1 Å². The van der Waals surface area contributed by atoms with E-state index in [1.54, 1.807) is 12.1 Å². The van der Waals surface area contributed by atoms with Crippen LogP contribution in [0.25, 0.3) is 10.8 Å². The molecule has 1 aliphatic heterocycles. The molecule has 0 aromatic heterocycles. The fourth-order valence-corrected chi connectivity index (χ4v) is 3.88. The third-order valence-corrected chi connectivity index (χ3v) is 5.45. The first kappa shape index (κ1) is 19.1. The van der Waals surface area contributed by atoms with Crippen molar-refractivity contribution in [3.63, 3.8) is 0 Å². The lowest BCUT2D eigenvalue weighted by molar-refractivity contribution is -0.121. The lowest BCUT2D eigenvalue weighted by Crippen LogP contribution is -2.46. The zero-order valence-electron chi connectivity index (χ0n) is 16.1. The Labute approximate surface area is 169 Å². The molecule has 0 bridgehead atoms. The Bertz CT molecular complexity index is 1020. The van der Waals surface area contributed by atoms with Crippen LogP contribution < -0.4 is 5.32 Å². The smallest absolute Gasteiger partial charge is 0.254 e. The largest absolute Gasteiger partial charge is 0.353 e. The standard InChI is InChI=1S/C24H23FN2O2/c25-19-10-8-17(9-11-19)16-23(28)26-20-12-14-27(15-13-20)24(29)22-7-3-5-18-4-1-2-6-21(18)22/h1-11,20H,12-16H2,(H,26,28). The number of likely N-dealkylation sites (tertiary alicyclic amines) is 1. The van der Waals surface area contributed by atoms with E-state index in [9.17, 15) is 14.0 Å². The van der Waals surface area contributed by atoms with E-state index in [-0.39, 0.29) is 30.1 Å². The van der Waals surface area contributed by atoms with Gasteiger partial charge in [0.15, 0.2) is 0 Å². The lowest BCUT2D eigenvalue weighted by atomic mass is 10.0. The van der Waals surface area contributed by atoms with Gasteiger partial charge in [0.2, 0.25) is 5.91 Å². The number of piperidine rings is 1. The van der Waals surface area contributed by atoms with Crippen LogP contribution in [0.3, 0.4) is 0 Å². The van der Waals surface area contributed by atoms with Crippen LogP contribution in [0.5, 0.6) is 0 Å². The summed E-state index contributed by atoms with van der Waals surface area (Å²) in [4.78, 5) is 27.1. The summed E-state index contributed by atoms with van der Waals surface area (Å²) in [5.41, 5.74) is 1.51. The number of nitrogens with one attached hydrogen (secondary N) is 1. The lowest BCUT2D eigenvalue weighted by Gasteiger charge is -2.32. The number of amides is 2. The van der Waals surface area contributed by atoms with Crippen LogP contribution in [0.15, 0.2) is 66.7 Å². The molecule has 29 heavy (non-hydrogen) atoms. The molecule has 1 N–H and O–H groups in total. The highest BCUT2D eigenvalue weighted by Crippen LogP contribution is 2.22. The number of carbonyl (C=O) groups is 2. The summed E-state index contributed by atoms with van der Waals surface area (Å²) in [6.45, 7) is 1.23. The highest BCUT2D eigenvalue weighted by Gasteiger charge is 2.25. The van der Waals surface area contributed by atoms with E-state index in [2.05, 4.69) is 5.32 Å². The maximum absolute atomic E-state index is 13.0. The van der Waals surface area contributed by atoms with Crippen molar-refractivity contribution >= 4 is 22.6 Å². The molecule has 1 saturated heterocycles. The van der Waals surface area contributed by atoms with E-state index in [4.69, 9.17) is 0 Å². The SMILES string of the molecule is O=C(Cc1ccc(F)cc1)NC1CCN(C(=O)c2cccc3ccccc23)CC1. The number of benzene rings is 3. The molecule has 0 spiro atoms. The summed E-state index contributed by atoms with van der Waals surface area (Å²) in [6, 6.07) is 19.7. The number of nitrogens with zero attached hydrogens (tertiary/aromatic N) is 1. The number of carbonyl (C=O) groups excluding carboxylic acids is 2. The number of fused-ring (bicyclic) bond motifs is 1. The topological polar surface area (TPSA) is 49.4 Å². The van der Waals surface area contributed by atoms with Crippen molar-refractivity contribution in [1.29, 1.82) is 0 Å². The van der Waals surface area contributed by atoms with Crippen LogP contribution in [0.4, 0.5) is 4.39 Å². The van der Waals surface area contributed by atoms with E-state index >= 15 is 0 Å². The van der Waals surface area contributed by atoms with E-state index in [0.717, 1.165) is 34.7 Å². The van der Waals surface area contributed by atoms with Crippen LogP contribution >= 0.6 is 0 Å². The van der Waals surface area contributed by atoms with E-state index in [0.29, 0.717) is 13.1 Å². The van der Waals surface area contributed by atoms with E-state index < -0.39 is 0 Å². The van der Waals surface area contributed by atoms with Gasteiger partial charge in [-0.2, -0.15) is 0 Å². The highest BCUT2D eigenvalue weighted by molar-refractivity contribution is 6.07. The maximum atomic E-state index is 13.0.